The predicted molar refractivity (Wildman–Crippen MR) is 132 cm³/mol. The van der Waals surface area contributed by atoms with E-state index in [9.17, 15) is 19.5 Å². The fraction of sp³-hybridized carbons (Fsp3) is 0.148. The Bertz CT molecular complexity index is 1330. The van der Waals surface area contributed by atoms with Crippen LogP contribution in [0.3, 0.4) is 0 Å². The number of amides is 2. The first-order chi connectivity index (χ1) is 16.8. The fourth-order valence-electron chi connectivity index (χ4n) is 4.06. The van der Waals surface area contributed by atoms with Crippen LogP contribution in [0.2, 0.25) is 0 Å². The molecule has 2 amide bonds. The van der Waals surface area contributed by atoms with Gasteiger partial charge < -0.3 is 19.9 Å². The molecule has 1 heterocycles. The monoisotopic (exact) mass is 472 g/mol. The number of hydrogen-bond acceptors (Lipinski definition) is 6. The van der Waals surface area contributed by atoms with Crippen LogP contribution in [0.4, 0.5) is 11.4 Å². The molecule has 8 nitrogen and oxygen atoms in total. The highest BCUT2D eigenvalue weighted by Crippen LogP contribution is 2.43. The third-order valence-electron chi connectivity index (χ3n) is 5.66. The molecular formula is C27H24N2O6. The van der Waals surface area contributed by atoms with E-state index in [4.69, 9.17) is 9.47 Å². The number of anilines is 2. The van der Waals surface area contributed by atoms with Crippen molar-refractivity contribution in [2.75, 3.05) is 24.4 Å². The number of ketones is 1. The summed E-state index contributed by atoms with van der Waals surface area (Å²) in [5, 5.41) is 13.9. The van der Waals surface area contributed by atoms with E-state index in [1.165, 1.54) is 26.0 Å². The number of methoxy groups -OCH3 is 2. The van der Waals surface area contributed by atoms with Crippen molar-refractivity contribution in [3.8, 4) is 11.5 Å². The molecule has 35 heavy (non-hydrogen) atoms. The number of rotatable bonds is 6. The minimum absolute atomic E-state index is 0.0533. The number of aliphatic hydroxyl groups is 1. The highest BCUT2D eigenvalue weighted by atomic mass is 16.5. The summed E-state index contributed by atoms with van der Waals surface area (Å²) >= 11 is 0. The van der Waals surface area contributed by atoms with Gasteiger partial charge in [0.15, 0.2) is 0 Å². The van der Waals surface area contributed by atoms with Gasteiger partial charge in [-0.1, -0.05) is 24.3 Å². The van der Waals surface area contributed by atoms with Crippen molar-refractivity contribution >= 4 is 34.7 Å². The summed E-state index contributed by atoms with van der Waals surface area (Å²) in [6.45, 7) is 1.40. The van der Waals surface area contributed by atoms with Crippen LogP contribution in [0.15, 0.2) is 78.4 Å². The maximum Gasteiger partial charge on any atom is 0.300 e. The zero-order valence-corrected chi connectivity index (χ0v) is 19.4. The second-order valence-electron chi connectivity index (χ2n) is 7.91. The van der Waals surface area contributed by atoms with Crippen molar-refractivity contribution in [2.24, 2.45) is 0 Å². The summed E-state index contributed by atoms with van der Waals surface area (Å²) in [6, 6.07) is 19.2. The molecular weight excluding hydrogens is 448 g/mol. The zero-order valence-electron chi connectivity index (χ0n) is 19.4. The van der Waals surface area contributed by atoms with E-state index in [1.807, 2.05) is 0 Å². The van der Waals surface area contributed by atoms with Crippen LogP contribution in [0, 0.1) is 0 Å². The van der Waals surface area contributed by atoms with E-state index in [0.29, 0.717) is 34.0 Å². The van der Waals surface area contributed by atoms with Gasteiger partial charge in [0, 0.05) is 23.9 Å². The van der Waals surface area contributed by atoms with Gasteiger partial charge in [-0.25, -0.2) is 0 Å². The molecule has 0 saturated carbocycles. The lowest BCUT2D eigenvalue weighted by atomic mass is 9.95. The van der Waals surface area contributed by atoms with E-state index < -0.39 is 17.7 Å². The van der Waals surface area contributed by atoms with E-state index in [1.54, 1.807) is 72.8 Å². The number of carbonyl (C=O) groups is 3. The standard InChI is InChI=1S/C27H24N2O6/c1-16(30)28-19-10-12-20(13-11-19)29-24(17-6-4-8-21(14-17)34-2)23(26(32)27(29)33)25(31)18-7-5-9-22(15-18)35-3/h4-15,24,31H,1-3H3,(H,28,30)/b25-23-. The molecule has 1 saturated heterocycles. The van der Waals surface area contributed by atoms with Gasteiger partial charge >= 0.3 is 0 Å². The minimum atomic E-state index is -0.914. The minimum Gasteiger partial charge on any atom is -0.507 e. The smallest absolute Gasteiger partial charge is 0.300 e. The third kappa shape index (κ3) is 4.59. The Morgan fingerprint density at radius 1 is 0.914 bits per heavy atom. The molecule has 2 N–H and O–H groups in total. The topological polar surface area (TPSA) is 105 Å². The van der Waals surface area contributed by atoms with Crippen LogP contribution >= 0.6 is 0 Å². The van der Waals surface area contributed by atoms with Crippen LogP contribution < -0.4 is 19.7 Å². The molecule has 0 spiro atoms. The molecule has 0 aromatic heterocycles. The van der Waals surface area contributed by atoms with Crippen LogP contribution in [0.25, 0.3) is 5.76 Å². The lowest BCUT2D eigenvalue weighted by Gasteiger charge is -2.26. The second-order valence-corrected chi connectivity index (χ2v) is 7.91. The van der Waals surface area contributed by atoms with Crippen LogP contribution in [-0.4, -0.2) is 36.9 Å². The molecule has 3 aromatic carbocycles. The summed E-state index contributed by atoms with van der Waals surface area (Å²) in [5.74, 6) is -1.11. The third-order valence-corrected chi connectivity index (χ3v) is 5.66. The van der Waals surface area contributed by atoms with Crippen molar-refractivity contribution < 1.29 is 29.0 Å². The van der Waals surface area contributed by atoms with E-state index in [2.05, 4.69) is 5.32 Å². The van der Waals surface area contributed by atoms with Gasteiger partial charge in [0.25, 0.3) is 11.7 Å². The highest BCUT2D eigenvalue weighted by Gasteiger charge is 2.47. The normalized spacial score (nSPS) is 16.8. The SMILES string of the molecule is COc1cccc(/C(O)=C2/C(=O)C(=O)N(c3ccc(NC(C)=O)cc3)C2c2cccc(OC)c2)c1. The van der Waals surface area contributed by atoms with Crippen LogP contribution in [0.1, 0.15) is 24.1 Å². The number of carbonyl (C=O) groups excluding carboxylic acids is 3. The molecule has 4 rings (SSSR count). The number of Topliss-reactive ketones (excluding diaryl/α,β-unsaturated/α-hetero) is 1. The van der Waals surface area contributed by atoms with Crippen molar-refractivity contribution in [3.63, 3.8) is 0 Å². The molecule has 0 bridgehead atoms. The maximum atomic E-state index is 13.3. The molecule has 8 heteroatoms. The summed E-state index contributed by atoms with van der Waals surface area (Å²) in [6.07, 6.45) is 0. The fourth-order valence-corrected chi connectivity index (χ4v) is 4.06. The van der Waals surface area contributed by atoms with Gasteiger partial charge in [0.1, 0.15) is 17.3 Å². The van der Waals surface area contributed by atoms with Gasteiger partial charge in [0.2, 0.25) is 5.91 Å². The summed E-state index contributed by atoms with van der Waals surface area (Å²) < 4.78 is 10.6. The first-order valence-corrected chi connectivity index (χ1v) is 10.8. The zero-order chi connectivity index (χ0) is 25.1. The van der Waals surface area contributed by atoms with Gasteiger partial charge in [-0.3, -0.25) is 19.3 Å². The van der Waals surface area contributed by atoms with E-state index in [-0.39, 0.29) is 17.2 Å². The van der Waals surface area contributed by atoms with Crippen molar-refractivity contribution in [1.82, 2.24) is 0 Å². The number of benzene rings is 3. The lowest BCUT2D eigenvalue weighted by molar-refractivity contribution is -0.132. The molecule has 0 aliphatic carbocycles. The Labute approximate surface area is 202 Å². The van der Waals surface area contributed by atoms with Crippen molar-refractivity contribution in [3.05, 3.63) is 89.5 Å². The average molecular weight is 472 g/mol. The van der Waals surface area contributed by atoms with Gasteiger partial charge in [-0.15, -0.1) is 0 Å². The Morgan fingerprint density at radius 3 is 2.17 bits per heavy atom. The van der Waals surface area contributed by atoms with Gasteiger partial charge in [-0.2, -0.15) is 0 Å². The van der Waals surface area contributed by atoms with Crippen molar-refractivity contribution in [2.45, 2.75) is 13.0 Å². The first-order valence-electron chi connectivity index (χ1n) is 10.8. The largest absolute Gasteiger partial charge is 0.507 e. The molecule has 1 fully saturated rings. The molecule has 1 aliphatic heterocycles. The van der Waals surface area contributed by atoms with Gasteiger partial charge in [-0.05, 0) is 54.1 Å². The maximum absolute atomic E-state index is 13.3. The first kappa shape index (κ1) is 23.6. The number of nitrogens with one attached hydrogen (secondary N) is 1. The predicted octanol–water partition coefficient (Wildman–Crippen LogP) is 4.29. The number of aliphatic hydroxyl groups excluding tert-OH is 1. The lowest BCUT2D eigenvalue weighted by Crippen LogP contribution is -2.29. The quantitative estimate of drug-likeness (QED) is 0.315. The van der Waals surface area contributed by atoms with Crippen molar-refractivity contribution in [1.29, 1.82) is 0 Å². The van der Waals surface area contributed by atoms with Crippen LogP contribution in [0.5, 0.6) is 11.5 Å². The Hall–Kier alpha value is -4.59. The van der Waals surface area contributed by atoms with Crippen LogP contribution in [-0.2, 0) is 14.4 Å². The second kappa shape index (κ2) is 9.72. The Kier molecular flexibility index (Phi) is 6.55. The molecule has 1 aliphatic rings. The molecule has 0 radical (unpaired) electrons. The summed E-state index contributed by atoms with van der Waals surface area (Å²) in [7, 11) is 3.02. The highest BCUT2D eigenvalue weighted by molar-refractivity contribution is 6.51. The number of hydrogen-bond donors (Lipinski definition) is 2. The Balaban J connectivity index is 1.89. The number of ether oxygens (including phenoxy) is 2. The molecule has 178 valence electrons. The average Bonchev–Trinajstić information content (AvgIpc) is 3.14. The summed E-state index contributed by atoms with van der Waals surface area (Å²) in [5.41, 5.74) is 1.85. The molecule has 3 aromatic rings. The molecule has 1 unspecified atom stereocenters. The van der Waals surface area contributed by atoms with E-state index >= 15 is 0 Å². The number of nitrogens with zero attached hydrogens (tertiary/aromatic N) is 1. The molecule has 1 atom stereocenters. The Morgan fingerprint density at radius 2 is 1.54 bits per heavy atom. The van der Waals surface area contributed by atoms with E-state index in [0.717, 1.165) is 0 Å². The van der Waals surface area contributed by atoms with Gasteiger partial charge in [0.05, 0.1) is 25.8 Å². The summed E-state index contributed by atoms with van der Waals surface area (Å²) in [4.78, 5) is 39.3.